The second kappa shape index (κ2) is 8.86. The summed E-state index contributed by atoms with van der Waals surface area (Å²) in [6, 6.07) is 17.1. The number of ether oxygens (including phenoxy) is 2. The molecule has 0 bridgehead atoms. The molecule has 0 saturated heterocycles. The predicted molar refractivity (Wildman–Crippen MR) is 108 cm³/mol. The zero-order valence-electron chi connectivity index (χ0n) is 16.0. The SMILES string of the molecule is CC(C)C(=O)OCC(COc1ccc2cc(-c3ccccc3)sc2c1)C(F)(F)F. The van der Waals surface area contributed by atoms with Gasteiger partial charge in [0.25, 0.3) is 0 Å². The zero-order valence-corrected chi connectivity index (χ0v) is 16.8. The van der Waals surface area contributed by atoms with Crippen molar-refractivity contribution in [2.75, 3.05) is 13.2 Å². The average molecular weight is 422 g/mol. The van der Waals surface area contributed by atoms with Gasteiger partial charge < -0.3 is 9.47 Å². The van der Waals surface area contributed by atoms with Crippen LogP contribution in [-0.2, 0) is 9.53 Å². The summed E-state index contributed by atoms with van der Waals surface area (Å²) in [7, 11) is 0. The van der Waals surface area contributed by atoms with E-state index in [1.54, 1.807) is 37.3 Å². The summed E-state index contributed by atoms with van der Waals surface area (Å²) in [6.45, 7) is 1.78. The fourth-order valence-electron chi connectivity index (χ4n) is 2.63. The van der Waals surface area contributed by atoms with E-state index in [1.807, 2.05) is 42.5 Å². The van der Waals surface area contributed by atoms with E-state index in [2.05, 4.69) is 0 Å². The third kappa shape index (κ3) is 5.50. The molecule has 1 unspecified atom stereocenters. The smallest absolute Gasteiger partial charge is 0.398 e. The minimum absolute atomic E-state index is 0.350. The minimum atomic E-state index is -4.52. The fourth-order valence-corrected chi connectivity index (χ4v) is 3.73. The first-order valence-corrected chi connectivity index (χ1v) is 10.0. The highest BCUT2D eigenvalue weighted by Gasteiger charge is 2.41. The van der Waals surface area contributed by atoms with Gasteiger partial charge in [0.2, 0.25) is 0 Å². The van der Waals surface area contributed by atoms with Crippen LogP contribution in [0, 0.1) is 11.8 Å². The number of rotatable bonds is 7. The van der Waals surface area contributed by atoms with E-state index in [-0.39, 0.29) is 0 Å². The quantitative estimate of drug-likeness (QED) is 0.418. The van der Waals surface area contributed by atoms with E-state index in [9.17, 15) is 18.0 Å². The Hall–Kier alpha value is -2.54. The predicted octanol–water partition coefficient (Wildman–Crippen LogP) is 6.32. The summed E-state index contributed by atoms with van der Waals surface area (Å²) < 4.78 is 50.8. The number of alkyl halides is 3. The Bertz CT molecular complexity index is 964. The second-order valence-electron chi connectivity index (χ2n) is 7.01. The molecule has 0 aliphatic rings. The van der Waals surface area contributed by atoms with Crippen LogP contribution in [0.1, 0.15) is 13.8 Å². The third-order valence-corrected chi connectivity index (χ3v) is 5.51. The molecule has 0 aliphatic heterocycles. The molecule has 0 fully saturated rings. The Morgan fingerprint density at radius 2 is 1.76 bits per heavy atom. The van der Waals surface area contributed by atoms with Crippen molar-refractivity contribution in [1.29, 1.82) is 0 Å². The number of halogens is 3. The van der Waals surface area contributed by atoms with Crippen molar-refractivity contribution in [3.63, 3.8) is 0 Å². The van der Waals surface area contributed by atoms with Gasteiger partial charge in [-0.25, -0.2) is 0 Å². The van der Waals surface area contributed by atoms with Crippen molar-refractivity contribution in [3.8, 4) is 16.2 Å². The molecule has 0 aliphatic carbocycles. The number of esters is 1. The summed E-state index contributed by atoms with van der Waals surface area (Å²) in [6.07, 6.45) is -4.52. The van der Waals surface area contributed by atoms with Gasteiger partial charge in [0, 0.05) is 9.58 Å². The Kier molecular flexibility index (Phi) is 6.47. The van der Waals surface area contributed by atoms with E-state index >= 15 is 0 Å². The molecule has 29 heavy (non-hydrogen) atoms. The van der Waals surface area contributed by atoms with Gasteiger partial charge in [0.05, 0.1) is 5.92 Å². The van der Waals surface area contributed by atoms with Crippen molar-refractivity contribution in [2.45, 2.75) is 20.0 Å². The van der Waals surface area contributed by atoms with Gasteiger partial charge >= 0.3 is 12.1 Å². The monoisotopic (exact) mass is 422 g/mol. The molecule has 7 heteroatoms. The molecule has 0 amide bonds. The van der Waals surface area contributed by atoms with Crippen molar-refractivity contribution in [1.82, 2.24) is 0 Å². The van der Waals surface area contributed by atoms with Gasteiger partial charge in [-0.1, -0.05) is 44.2 Å². The molecular formula is C22H21F3O3S. The van der Waals surface area contributed by atoms with E-state index in [4.69, 9.17) is 9.47 Å². The molecule has 0 radical (unpaired) electrons. The number of carbonyl (C=O) groups is 1. The van der Waals surface area contributed by atoms with Crippen LogP contribution >= 0.6 is 11.3 Å². The molecule has 1 heterocycles. The molecule has 1 aromatic heterocycles. The lowest BCUT2D eigenvalue weighted by molar-refractivity contribution is -0.197. The normalized spacial score (nSPS) is 12.9. The molecule has 3 rings (SSSR count). The maximum atomic E-state index is 13.2. The molecule has 3 nitrogen and oxygen atoms in total. The van der Waals surface area contributed by atoms with Crippen LogP contribution in [0.15, 0.2) is 54.6 Å². The van der Waals surface area contributed by atoms with Gasteiger partial charge in [-0.3, -0.25) is 4.79 Å². The lowest BCUT2D eigenvalue weighted by Crippen LogP contribution is -2.34. The Morgan fingerprint density at radius 1 is 1.03 bits per heavy atom. The molecule has 2 aromatic carbocycles. The lowest BCUT2D eigenvalue weighted by Gasteiger charge is -2.21. The lowest BCUT2D eigenvalue weighted by atomic mass is 10.1. The number of fused-ring (bicyclic) bond motifs is 1. The highest BCUT2D eigenvalue weighted by molar-refractivity contribution is 7.22. The molecule has 0 saturated carbocycles. The molecule has 0 spiro atoms. The second-order valence-corrected chi connectivity index (χ2v) is 8.09. The number of thiophene rings is 1. The van der Waals surface area contributed by atoms with Crippen molar-refractivity contribution in [3.05, 3.63) is 54.6 Å². The molecule has 3 aromatic rings. The maximum absolute atomic E-state index is 13.2. The highest BCUT2D eigenvalue weighted by atomic mass is 32.1. The van der Waals surface area contributed by atoms with Gasteiger partial charge in [-0.2, -0.15) is 13.2 Å². The van der Waals surface area contributed by atoms with Gasteiger partial charge in [-0.15, -0.1) is 11.3 Å². The molecule has 0 N–H and O–H groups in total. The topological polar surface area (TPSA) is 35.5 Å². The number of hydrogen-bond acceptors (Lipinski definition) is 4. The van der Waals surface area contributed by atoms with Crippen molar-refractivity contribution >= 4 is 27.4 Å². The summed E-state index contributed by atoms with van der Waals surface area (Å²) in [4.78, 5) is 12.6. The largest absolute Gasteiger partial charge is 0.493 e. The molecule has 154 valence electrons. The van der Waals surface area contributed by atoms with E-state index < -0.39 is 37.2 Å². The highest BCUT2D eigenvalue weighted by Crippen LogP contribution is 2.35. The first-order chi connectivity index (χ1) is 13.7. The third-order valence-electron chi connectivity index (χ3n) is 4.36. The number of benzene rings is 2. The van der Waals surface area contributed by atoms with Crippen LogP contribution in [-0.4, -0.2) is 25.4 Å². The van der Waals surface area contributed by atoms with Gasteiger partial charge in [-0.05, 0) is 35.2 Å². The first-order valence-electron chi connectivity index (χ1n) is 9.19. The Balaban J connectivity index is 1.70. The Morgan fingerprint density at radius 3 is 2.41 bits per heavy atom. The summed E-state index contributed by atoms with van der Waals surface area (Å²) in [5, 5.41) is 0.999. The maximum Gasteiger partial charge on any atom is 0.398 e. The fraction of sp³-hybridized carbons (Fsp3) is 0.318. The van der Waals surface area contributed by atoms with Gasteiger partial charge in [0.15, 0.2) is 0 Å². The summed E-state index contributed by atoms with van der Waals surface area (Å²) in [5.74, 6) is -2.68. The van der Waals surface area contributed by atoms with E-state index in [1.165, 1.54) is 0 Å². The van der Waals surface area contributed by atoms with E-state index in [0.29, 0.717) is 5.75 Å². The first kappa shape index (κ1) is 21.2. The minimum Gasteiger partial charge on any atom is -0.493 e. The van der Waals surface area contributed by atoms with Crippen molar-refractivity contribution in [2.24, 2.45) is 11.8 Å². The van der Waals surface area contributed by atoms with Gasteiger partial charge in [0.1, 0.15) is 24.9 Å². The molecule has 1 atom stereocenters. The average Bonchev–Trinajstić information content (AvgIpc) is 3.10. The summed E-state index contributed by atoms with van der Waals surface area (Å²) in [5.41, 5.74) is 1.08. The Labute approximate surface area is 171 Å². The van der Waals surface area contributed by atoms with Crippen LogP contribution in [0.25, 0.3) is 20.5 Å². The molecular weight excluding hydrogens is 401 g/mol. The van der Waals surface area contributed by atoms with Crippen LogP contribution < -0.4 is 4.74 Å². The standard InChI is InChI=1S/C22H21F3O3S/c1-14(2)21(26)28-13-17(22(23,24)25)12-27-18-9-8-16-10-19(29-20(16)11-18)15-6-4-3-5-7-15/h3-11,14,17H,12-13H2,1-2H3. The number of carbonyl (C=O) groups excluding carboxylic acids is 1. The van der Waals surface area contributed by atoms with Crippen LogP contribution in [0.2, 0.25) is 0 Å². The van der Waals surface area contributed by atoms with Crippen LogP contribution in [0.5, 0.6) is 5.75 Å². The zero-order chi connectivity index (χ0) is 21.0. The van der Waals surface area contributed by atoms with Crippen molar-refractivity contribution < 1.29 is 27.4 Å². The van der Waals surface area contributed by atoms with Crippen LogP contribution in [0.4, 0.5) is 13.2 Å². The number of hydrogen-bond donors (Lipinski definition) is 0. The van der Waals surface area contributed by atoms with Crippen LogP contribution in [0.3, 0.4) is 0 Å². The van der Waals surface area contributed by atoms with E-state index in [0.717, 1.165) is 20.5 Å². The summed E-state index contributed by atoms with van der Waals surface area (Å²) >= 11 is 1.55.